The van der Waals surface area contributed by atoms with Crippen LogP contribution >= 0.6 is 0 Å². The second kappa shape index (κ2) is 8.81. The molecular formula is C22H20N2O4. The van der Waals surface area contributed by atoms with E-state index in [0.717, 1.165) is 11.1 Å². The van der Waals surface area contributed by atoms with E-state index in [4.69, 9.17) is 4.74 Å². The molecule has 0 heterocycles. The second-order valence-electron chi connectivity index (χ2n) is 6.31. The maximum Gasteiger partial charge on any atom is 0.273 e. The van der Waals surface area contributed by atoms with Gasteiger partial charge in [0.05, 0.1) is 4.92 Å². The lowest BCUT2D eigenvalue weighted by molar-refractivity contribution is -0.385. The largest absolute Gasteiger partial charge is 0.489 e. The molecule has 1 amide bonds. The number of amides is 1. The van der Waals surface area contributed by atoms with E-state index in [1.807, 2.05) is 54.6 Å². The molecule has 0 aliphatic carbocycles. The van der Waals surface area contributed by atoms with E-state index in [1.54, 1.807) is 13.0 Å². The average Bonchev–Trinajstić information content (AvgIpc) is 2.71. The minimum absolute atomic E-state index is 0.0658. The number of hydrogen-bond acceptors (Lipinski definition) is 4. The number of nitro groups is 1. The number of nitrogens with zero attached hydrogens (tertiary/aromatic N) is 1. The topological polar surface area (TPSA) is 81.5 Å². The highest BCUT2D eigenvalue weighted by Gasteiger charge is 2.17. The molecule has 142 valence electrons. The van der Waals surface area contributed by atoms with E-state index < -0.39 is 4.92 Å². The number of carbonyl (C=O) groups excluding carboxylic acids is 1. The molecule has 0 radical (unpaired) electrons. The van der Waals surface area contributed by atoms with Crippen LogP contribution in [0.4, 0.5) is 5.69 Å². The summed E-state index contributed by atoms with van der Waals surface area (Å²) in [4.78, 5) is 23.0. The molecule has 1 N–H and O–H groups in total. The maximum absolute atomic E-state index is 12.4. The van der Waals surface area contributed by atoms with E-state index in [0.29, 0.717) is 30.0 Å². The van der Waals surface area contributed by atoms with Crippen LogP contribution in [0.25, 0.3) is 0 Å². The van der Waals surface area contributed by atoms with Crippen molar-refractivity contribution in [1.82, 2.24) is 5.32 Å². The average molecular weight is 376 g/mol. The van der Waals surface area contributed by atoms with Crippen molar-refractivity contribution in [3.8, 4) is 5.75 Å². The van der Waals surface area contributed by atoms with Crippen LogP contribution in [0.1, 0.15) is 27.0 Å². The quantitative estimate of drug-likeness (QED) is 0.489. The van der Waals surface area contributed by atoms with Gasteiger partial charge in [-0.05, 0) is 36.2 Å². The highest BCUT2D eigenvalue weighted by molar-refractivity contribution is 5.96. The zero-order valence-corrected chi connectivity index (χ0v) is 15.4. The van der Waals surface area contributed by atoms with Gasteiger partial charge in [-0.1, -0.05) is 48.5 Å². The summed E-state index contributed by atoms with van der Waals surface area (Å²) in [7, 11) is 0. The van der Waals surface area contributed by atoms with Gasteiger partial charge in [0, 0.05) is 23.7 Å². The Bertz CT molecular complexity index is 987. The number of hydrogen-bond donors (Lipinski definition) is 1. The zero-order chi connectivity index (χ0) is 19.9. The van der Waals surface area contributed by atoms with Crippen LogP contribution in [0.2, 0.25) is 0 Å². The predicted octanol–water partition coefficient (Wildman–Crippen LogP) is 4.41. The van der Waals surface area contributed by atoms with Gasteiger partial charge in [-0.25, -0.2) is 0 Å². The van der Waals surface area contributed by atoms with Gasteiger partial charge in [0.15, 0.2) is 0 Å². The molecule has 3 rings (SSSR count). The van der Waals surface area contributed by atoms with Crippen molar-refractivity contribution < 1.29 is 14.5 Å². The molecule has 0 aromatic heterocycles. The Morgan fingerprint density at radius 2 is 1.71 bits per heavy atom. The molecule has 6 heteroatoms. The monoisotopic (exact) mass is 376 g/mol. The van der Waals surface area contributed by atoms with E-state index in [2.05, 4.69) is 5.32 Å². The number of nitrogens with one attached hydrogen (secondary N) is 1. The normalized spacial score (nSPS) is 10.3. The van der Waals surface area contributed by atoms with Gasteiger partial charge in [0.1, 0.15) is 12.4 Å². The summed E-state index contributed by atoms with van der Waals surface area (Å²) in [6.07, 6.45) is 0. The van der Waals surface area contributed by atoms with Crippen LogP contribution in [-0.4, -0.2) is 10.8 Å². The minimum Gasteiger partial charge on any atom is -0.489 e. The Labute approximate surface area is 162 Å². The van der Waals surface area contributed by atoms with Gasteiger partial charge in [0.2, 0.25) is 0 Å². The van der Waals surface area contributed by atoms with Crippen LogP contribution in [-0.2, 0) is 13.2 Å². The van der Waals surface area contributed by atoms with Gasteiger partial charge < -0.3 is 10.1 Å². The van der Waals surface area contributed by atoms with Crippen molar-refractivity contribution in [3.63, 3.8) is 0 Å². The Morgan fingerprint density at radius 3 is 2.46 bits per heavy atom. The number of rotatable bonds is 7. The van der Waals surface area contributed by atoms with Crippen molar-refractivity contribution in [2.45, 2.75) is 20.1 Å². The summed E-state index contributed by atoms with van der Waals surface area (Å²) in [5.41, 5.74) is 2.53. The molecule has 0 saturated heterocycles. The summed E-state index contributed by atoms with van der Waals surface area (Å²) in [6, 6.07) is 21.8. The summed E-state index contributed by atoms with van der Waals surface area (Å²) >= 11 is 0. The highest BCUT2D eigenvalue weighted by Crippen LogP contribution is 2.21. The predicted molar refractivity (Wildman–Crippen MR) is 106 cm³/mol. The number of benzene rings is 3. The Balaban J connectivity index is 1.62. The molecule has 0 fully saturated rings. The van der Waals surface area contributed by atoms with Crippen LogP contribution in [0, 0.1) is 17.0 Å². The van der Waals surface area contributed by atoms with Crippen molar-refractivity contribution in [1.29, 1.82) is 0 Å². The Kier molecular flexibility index (Phi) is 6.01. The molecule has 0 spiro atoms. The molecule has 3 aromatic rings. The SMILES string of the molecule is Cc1c(C(=O)NCc2cccc(OCc3ccccc3)c2)cccc1[N+](=O)[O-]. The van der Waals surface area contributed by atoms with Gasteiger partial charge in [-0.2, -0.15) is 0 Å². The van der Waals surface area contributed by atoms with Crippen molar-refractivity contribution in [3.05, 3.63) is 105 Å². The first-order chi connectivity index (χ1) is 13.5. The molecule has 28 heavy (non-hydrogen) atoms. The molecule has 0 aliphatic heterocycles. The molecule has 0 atom stereocenters. The second-order valence-corrected chi connectivity index (χ2v) is 6.31. The van der Waals surface area contributed by atoms with Gasteiger partial charge in [-0.3, -0.25) is 14.9 Å². The molecule has 0 saturated carbocycles. The molecule has 3 aromatic carbocycles. The fourth-order valence-corrected chi connectivity index (χ4v) is 2.83. The zero-order valence-electron chi connectivity index (χ0n) is 15.4. The maximum atomic E-state index is 12.4. The fraction of sp³-hybridized carbons (Fsp3) is 0.136. The molecule has 0 bridgehead atoms. The van der Waals surface area contributed by atoms with E-state index >= 15 is 0 Å². The molecule has 6 nitrogen and oxygen atoms in total. The fourth-order valence-electron chi connectivity index (χ4n) is 2.83. The minimum atomic E-state index is -0.486. The number of ether oxygens (including phenoxy) is 1. The number of carbonyl (C=O) groups is 1. The van der Waals surface area contributed by atoms with E-state index in [9.17, 15) is 14.9 Å². The van der Waals surface area contributed by atoms with Crippen molar-refractivity contribution in [2.24, 2.45) is 0 Å². The first-order valence-electron chi connectivity index (χ1n) is 8.82. The van der Waals surface area contributed by atoms with Gasteiger partial charge >= 0.3 is 0 Å². The van der Waals surface area contributed by atoms with Crippen molar-refractivity contribution >= 4 is 11.6 Å². The van der Waals surface area contributed by atoms with Crippen LogP contribution in [0.3, 0.4) is 0 Å². The van der Waals surface area contributed by atoms with E-state index in [1.165, 1.54) is 12.1 Å². The lowest BCUT2D eigenvalue weighted by Crippen LogP contribution is -2.23. The van der Waals surface area contributed by atoms with E-state index in [-0.39, 0.29) is 11.6 Å². The first-order valence-corrected chi connectivity index (χ1v) is 8.82. The Morgan fingerprint density at radius 1 is 1.00 bits per heavy atom. The van der Waals surface area contributed by atoms with Crippen LogP contribution in [0.15, 0.2) is 72.8 Å². The smallest absolute Gasteiger partial charge is 0.273 e. The van der Waals surface area contributed by atoms with Crippen LogP contribution < -0.4 is 10.1 Å². The Hall–Kier alpha value is -3.67. The van der Waals surface area contributed by atoms with Gasteiger partial charge in [-0.15, -0.1) is 0 Å². The number of nitro benzene ring substituents is 1. The third-order valence-electron chi connectivity index (χ3n) is 4.35. The third kappa shape index (κ3) is 4.73. The lowest BCUT2D eigenvalue weighted by Gasteiger charge is -2.10. The third-order valence-corrected chi connectivity index (χ3v) is 4.35. The highest BCUT2D eigenvalue weighted by atomic mass is 16.6. The van der Waals surface area contributed by atoms with Crippen molar-refractivity contribution in [2.75, 3.05) is 0 Å². The molecule has 0 unspecified atom stereocenters. The lowest BCUT2D eigenvalue weighted by atomic mass is 10.1. The van der Waals surface area contributed by atoms with Gasteiger partial charge in [0.25, 0.3) is 11.6 Å². The van der Waals surface area contributed by atoms with Crippen LogP contribution in [0.5, 0.6) is 5.75 Å². The molecular weight excluding hydrogens is 356 g/mol. The summed E-state index contributed by atoms with van der Waals surface area (Å²) < 4.78 is 5.80. The first kappa shape index (κ1) is 19.1. The standard InChI is InChI=1S/C22H20N2O4/c1-16-20(11-6-12-21(16)24(26)27)22(25)23-14-18-9-5-10-19(13-18)28-15-17-7-3-2-4-8-17/h2-13H,14-15H2,1H3,(H,23,25). The summed E-state index contributed by atoms with van der Waals surface area (Å²) in [5, 5.41) is 13.8. The molecule has 0 aliphatic rings. The summed E-state index contributed by atoms with van der Waals surface area (Å²) in [6.45, 7) is 2.33. The summed E-state index contributed by atoms with van der Waals surface area (Å²) in [5.74, 6) is 0.360.